The number of nitrogens with zero attached hydrogens (tertiary/aromatic N) is 1. The average Bonchev–Trinajstić information content (AvgIpc) is 3.00. The van der Waals surface area contributed by atoms with Crippen molar-refractivity contribution in [2.45, 2.75) is 45.6 Å². The van der Waals surface area contributed by atoms with E-state index in [2.05, 4.69) is 30.5 Å². The molecule has 2 N–H and O–H groups in total. The molecule has 5 heteroatoms. The summed E-state index contributed by atoms with van der Waals surface area (Å²) in [6, 6.07) is 8.25. The van der Waals surface area contributed by atoms with Crippen LogP contribution in [0.3, 0.4) is 0 Å². The minimum absolute atomic E-state index is 0.0334. The van der Waals surface area contributed by atoms with Crippen molar-refractivity contribution in [1.29, 1.82) is 0 Å². The number of likely N-dealkylation sites (N-methyl/N-ethyl adjacent to an activating group) is 1. The van der Waals surface area contributed by atoms with Crippen molar-refractivity contribution in [2.24, 2.45) is 5.92 Å². The van der Waals surface area contributed by atoms with Gasteiger partial charge in [-0.25, -0.2) is 0 Å². The SMILES string of the molecule is CCC(C)c1ccccc1N1CC(C(=O)NCC(C)NC)CC1=O. The molecule has 2 amide bonds. The molecule has 3 unspecified atom stereocenters. The summed E-state index contributed by atoms with van der Waals surface area (Å²) in [5.41, 5.74) is 2.13. The van der Waals surface area contributed by atoms with E-state index in [0.717, 1.165) is 12.1 Å². The largest absolute Gasteiger partial charge is 0.354 e. The lowest BCUT2D eigenvalue weighted by Gasteiger charge is -2.23. The maximum Gasteiger partial charge on any atom is 0.227 e. The molecule has 0 aromatic heterocycles. The summed E-state index contributed by atoms with van der Waals surface area (Å²) in [5.74, 6) is 0.117. The molecule has 0 radical (unpaired) electrons. The van der Waals surface area contributed by atoms with Crippen molar-refractivity contribution in [3.05, 3.63) is 29.8 Å². The second kappa shape index (κ2) is 8.29. The number of carbonyl (C=O) groups excluding carboxylic acids is 2. The highest BCUT2D eigenvalue weighted by Crippen LogP contribution is 2.33. The van der Waals surface area contributed by atoms with Crippen LogP contribution in [0.5, 0.6) is 0 Å². The van der Waals surface area contributed by atoms with Gasteiger partial charge in [0, 0.05) is 31.2 Å². The Morgan fingerprint density at radius 1 is 1.33 bits per heavy atom. The lowest BCUT2D eigenvalue weighted by molar-refractivity contribution is -0.126. The van der Waals surface area contributed by atoms with Gasteiger partial charge in [0.1, 0.15) is 0 Å². The van der Waals surface area contributed by atoms with Gasteiger partial charge < -0.3 is 15.5 Å². The summed E-state index contributed by atoms with van der Waals surface area (Å²) in [4.78, 5) is 26.6. The topological polar surface area (TPSA) is 61.4 Å². The fraction of sp³-hybridized carbons (Fsp3) is 0.579. The van der Waals surface area contributed by atoms with E-state index in [9.17, 15) is 9.59 Å². The second-order valence-electron chi connectivity index (χ2n) is 6.71. The molecule has 2 rings (SSSR count). The summed E-state index contributed by atoms with van der Waals surface area (Å²) < 4.78 is 0. The first-order valence-corrected chi connectivity index (χ1v) is 8.82. The molecule has 1 saturated heterocycles. The first kappa shape index (κ1) is 18.5. The minimum atomic E-state index is -0.272. The quantitative estimate of drug-likeness (QED) is 0.806. The van der Waals surface area contributed by atoms with E-state index in [1.807, 2.05) is 32.2 Å². The molecular weight excluding hydrogens is 302 g/mol. The van der Waals surface area contributed by atoms with Gasteiger partial charge in [-0.3, -0.25) is 9.59 Å². The Labute approximate surface area is 144 Å². The van der Waals surface area contributed by atoms with Gasteiger partial charge >= 0.3 is 0 Å². The molecule has 1 aliphatic heterocycles. The highest BCUT2D eigenvalue weighted by molar-refractivity contribution is 6.00. The monoisotopic (exact) mass is 331 g/mol. The van der Waals surface area contributed by atoms with Gasteiger partial charge in [-0.1, -0.05) is 32.0 Å². The van der Waals surface area contributed by atoms with E-state index in [-0.39, 0.29) is 30.2 Å². The number of carbonyl (C=O) groups is 2. The summed E-state index contributed by atoms with van der Waals surface area (Å²) in [7, 11) is 1.86. The van der Waals surface area contributed by atoms with Crippen LogP contribution < -0.4 is 15.5 Å². The normalized spacial score (nSPS) is 20.1. The Morgan fingerprint density at radius 2 is 2.04 bits per heavy atom. The Hall–Kier alpha value is -1.88. The van der Waals surface area contributed by atoms with E-state index in [1.54, 1.807) is 4.90 Å². The third-order valence-electron chi connectivity index (χ3n) is 4.94. The number of rotatable bonds is 7. The standard InChI is InChI=1S/C19H29N3O2/c1-5-13(2)16-8-6-7-9-17(16)22-12-15(10-18(22)23)19(24)21-11-14(3)20-4/h6-9,13-15,20H,5,10-12H2,1-4H3,(H,21,24). The predicted molar refractivity (Wildman–Crippen MR) is 97.1 cm³/mol. The molecule has 1 aliphatic rings. The molecule has 132 valence electrons. The zero-order valence-electron chi connectivity index (χ0n) is 15.1. The van der Waals surface area contributed by atoms with Crippen LogP contribution in [0.2, 0.25) is 0 Å². The van der Waals surface area contributed by atoms with E-state index in [4.69, 9.17) is 0 Å². The Morgan fingerprint density at radius 3 is 2.71 bits per heavy atom. The predicted octanol–water partition coefficient (Wildman–Crippen LogP) is 2.28. The number of para-hydroxylation sites is 1. The van der Waals surface area contributed by atoms with E-state index in [0.29, 0.717) is 19.0 Å². The third-order valence-corrected chi connectivity index (χ3v) is 4.94. The van der Waals surface area contributed by atoms with Gasteiger partial charge in [-0.2, -0.15) is 0 Å². The molecule has 0 spiro atoms. The van der Waals surface area contributed by atoms with Crippen molar-refractivity contribution < 1.29 is 9.59 Å². The van der Waals surface area contributed by atoms with Crippen LogP contribution in [-0.4, -0.2) is 38.0 Å². The number of amides is 2. The molecule has 1 fully saturated rings. The van der Waals surface area contributed by atoms with Gasteiger partial charge in [0.2, 0.25) is 11.8 Å². The smallest absolute Gasteiger partial charge is 0.227 e. The molecule has 0 bridgehead atoms. The van der Waals surface area contributed by atoms with Crippen molar-refractivity contribution in [3.63, 3.8) is 0 Å². The second-order valence-corrected chi connectivity index (χ2v) is 6.71. The zero-order chi connectivity index (χ0) is 17.7. The van der Waals surface area contributed by atoms with Crippen molar-refractivity contribution in [1.82, 2.24) is 10.6 Å². The van der Waals surface area contributed by atoms with Gasteiger partial charge in [0.05, 0.1) is 5.92 Å². The van der Waals surface area contributed by atoms with Crippen LogP contribution in [0.15, 0.2) is 24.3 Å². The summed E-state index contributed by atoms with van der Waals surface area (Å²) in [6.07, 6.45) is 1.31. The molecule has 0 aliphatic carbocycles. The molecule has 3 atom stereocenters. The first-order chi connectivity index (χ1) is 11.5. The summed E-state index contributed by atoms with van der Waals surface area (Å²) >= 11 is 0. The minimum Gasteiger partial charge on any atom is -0.354 e. The molecule has 24 heavy (non-hydrogen) atoms. The third kappa shape index (κ3) is 4.15. The van der Waals surface area contributed by atoms with Gasteiger partial charge in [0.25, 0.3) is 0 Å². The van der Waals surface area contributed by atoms with Gasteiger partial charge in [-0.05, 0) is 37.9 Å². The Balaban J connectivity index is 2.09. The maximum atomic E-state index is 12.5. The molecule has 1 aromatic rings. The van der Waals surface area contributed by atoms with Gasteiger partial charge in [0.15, 0.2) is 0 Å². The number of hydrogen-bond donors (Lipinski definition) is 2. The maximum absolute atomic E-state index is 12.5. The zero-order valence-corrected chi connectivity index (χ0v) is 15.1. The fourth-order valence-electron chi connectivity index (χ4n) is 2.99. The van der Waals surface area contributed by atoms with Crippen LogP contribution in [0.4, 0.5) is 5.69 Å². The van der Waals surface area contributed by atoms with Gasteiger partial charge in [-0.15, -0.1) is 0 Å². The Kier molecular flexibility index (Phi) is 6.37. The van der Waals surface area contributed by atoms with E-state index >= 15 is 0 Å². The van der Waals surface area contributed by atoms with Crippen LogP contribution in [0.25, 0.3) is 0 Å². The van der Waals surface area contributed by atoms with Crippen molar-refractivity contribution in [3.8, 4) is 0 Å². The first-order valence-electron chi connectivity index (χ1n) is 8.82. The number of hydrogen-bond acceptors (Lipinski definition) is 3. The van der Waals surface area contributed by atoms with Crippen molar-refractivity contribution >= 4 is 17.5 Å². The molecule has 1 heterocycles. The number of benzene rings is 1. The van der Waals surface area contributed by atoms with Crippen LogP contribution in [0, 0.1) is 5.92 Å². The highest BCUT2D eigenvalue weighted by Gasteiger charge is 2.36. The van der Waals surface area contributed by atoms with E-state index < -0.39 is 0 Å². The highest BCUT2D eigenvalue weighted by atomic mass is 16.2. The molecule has 5 nitrogen and oxygen atoms in total. The number of nitrogens with one attached hydrogen (secondary N) is 2. The molecule has 0 saturated carbocycles. The van der Waals surface area contributed by atoms with Crippen molar-refractivity contribution in [2.75, 3.05) is 25.0 Å². The number of anilines is 1. The summed E-state index contributed by atoms with van der Waals surface area (Å²) in [6.45, 7) is 7.36. The van der Waals surface area contributed by atoms with Crippen LogP contribution >= 0.6 is 0 Å². The van der Waals surface area contributed by atoms with Crippen LogP contribution in [-0.2, 0) is 9.59 Å². The fourth-order valence-corrected chi connectivity index (χ4v) is 2.99. The molecule has 1 aromatic carbocycles. The molecular formula is C19H29N3O2. The average molecular weight is 331 g/mol. The lowest BCUT2D eigenvalue weighted by atomic mass is 9.96. The van der Waals surface area contributed by atoms with E-state index in [1.165, 1.54) is 5.56 Å². The Bertz CT molecular complexity index is 588. The summed E-state index contributed by atoms with van der Waals surface area (Å²) in [5, 5.41) is 6.02. The lowest BCUT2D eigenvalue weighted by Crippen LogP contribution is -2.40. The van der Waals surface area contributed by atoms with Crippen LogP contribution in [0.1, 0.15) is 45.1 Å².